The van der Waals surface area contributed by atoms with E-state index in [4.69, 9.17) is 0 Å². The van der Waals surface area contributed by atoms with Crippen molar-refractivity contribution in [3.63, 3.8) is 0 Å². The van der Waals surface area contributed by atoms with E-state index in [1.807, 2.05) is 0 Å². The van der Waals surface area contributed by atoms with Crippen molar-refractivity contribution < 1.29 is 4.79 Å². The molecule has 1 aliphatic rings. The van der Waals surface area contributed by atoms with E-state index in [9.17, 15) is 4.79 Å². The zero-order chi connectivity index (χ0) is 11.4. The van der Waals surface area contributed by atoms with Gasteiger partial charge in [0.15, 0.2) is 5.78 Å². The van der Waals surface area contributed by atoms with Crippen molar-refractivity contribution in [3.05, 3.63) is 24.3 Å². The monoisotopic (exact) mass is 220 g/mol. The summed E-state index contributed by atoms with van der Waals surface area (Å²) in [5.41, 5.74) is 0.452. The molecule has 1 N–H and O–H groups in total. The summed E-state index contributed by atoms with van der Waals surface area (Å²) in [4.78, 5) is 21.9. The third kappa shape index (κ3) is 2.84. The molecule has 0 radical (unpaired) electrons. The van der Waals surface area contributed by atoms with Gasteiger partial charge in [-0.1, -0.05) is 0 Å². The number of carbonyl (C=O) groups is 1. The maximum absolute atomic E-state index is 11.9. The molecule has 1 saturated heterocycles. The molecule has 1 aromatic rings. The van der Waals surface area contributed by atoms with Gasteiger partial charge < -0.3 is 5.32 Å². The average Bonchev–Trinajstić information content (AvgIpc) is 2.30. The smallest absolute Gasteiger partial charge is 0.196 e. The highest BCUT2D eigenvalue weighted by Gasteiger charge is 2.19. The third-order valence-corrected chi connectivity index (χ3v) is 2.67. The van der Waals surface area contributed by atoms with Crippen LogP contribution >= 0.6 is 0 Å². The summed E-state index contributed by atoms with van der Waals surface area (Å²) in [7, 11) is 0. The fraction of sp³-hybridized carbons (Fsp3) is 0.545. The van der Waals surface area contributed by atoms with E-state index in [1.165, 1.54) is 6.20 Å². The molecule has 2 heterocycles. The largest absolute Gasteiger partial charge is 0.312 e. The molecule has 1 atom stereocenters. The van der Waals surface area contributed by atoms with Crippen molar-refractivity contribution in [2.45, 2.75) is 13.0 Å². The number of hydrogen-bond acceptors (Lipinski definition) is 5. The maximum atomic E-state index is 11.9. The molecule has 0 amide bonds. The lowest BCUT2D eigenvalue weighted by atomic mass is 10.2. The zero-order valence-corrected chi connectivity index (χ0v) is 9.39. The minimum Gasteiger partial charge on any atom is -0.312 e. The Morgan fingerprint density at radius 1 is 1.62 bits per heavy atom. The molecule has 1 fully saturated rings. The van der Waals surface area contributed by atoms with Crippen LogP contribution in [0.3, 0.4) is 0 Å². The normalized spacial score (nSPS) is 21.9. The molecule has 0 bridgehead atoms. The van der Waals surface area contributed by atoms with E-state index in [2.05, 4.69) is 27.1 Å². The first-order valence-corrected chi connectivity index (χ1v) is 5.50. The molecule has 1 unspecified atom stereocenters. The molecule has 5 nitrogen and oxygen atoms in total. The Labute approximate surface area is 94.9 Å². The second-order valence-corrected chi connectivity index (χ2v) is 4.10. The number of carbonyl (C=O) groups excluding carboxylic acids is 1. The first-order chi connectivity index (χ1) is 7.75. The SMILES string of the molecule is CC1CN(CC(=O)c2cnccn2)CCN1. The lowest BCUT2D eigenvalue weighted by molar-refractivity contribution is 0.0903. The van der Waals surface area contributed by atoms with Crippen molar-refractivity contribution in [2.75, 3.05) is 26.2 Å². The van der Waals surface area contributed by atoms with Gasteiger partial charge in [-0.3, -0.25) is 14.7 Å². The van der Waals surface area contributed by atoms with Crippen LogP contribution in [0.15, 0.2) is 18.6 Å². The molecular formula is C11H16N4O. The van der Waals surface area contributed by atoms with Crippen LogP contribution in [0.4, 0.5) is 0 Å². The van der Waals surface area contributed by atoms with Crippen LogP contribution in [-0.4, -0.2) is 52.9 Å². The van der Waals surface area contributed by atoms with Gasteiger partial charge in [0.25, 0.3) is 0 Å². The summed E-state index contributed by atoms with van der Waals surface area (Å²) < 4.78 is 0. The molecule has 1 aromatic heterocycles. The molecule has 1 aliphatic heterocycles. The standard InChI is InChI=1S/C11H16N4O/c1-9-7-15(5-4-13-9)8-11(16)10-6-12-2-3-14-10/h2-3,6,9,13H,4-5,7-8H2,1H3. The van der Waals surface area contributed by atoms with Gasteiger partial charge >= 0.3 is 0 Å². The maximum Gasteiger partial charge on any atom is 0.196 e. The van der Waals surface area contributed by atoms with E-state index < -0.39 is 0 Å². The molecular weight excluding hydrogens is 204 g/mol. The quantitative estimate of drug-likeness (QED) is 0.724. The Balaban J connectivity index is 1.92. The Bertz CT molecular complexity index is 354. The van der Waals surface area contributed by atoms with Crippen LogP contribution in [0.2, 0.25) is 0 Å². The van der Waals surface area contributed by atoms with E-state index in [1.54, 1.807) is 12.4 Å². The van der Waals surface area contributed by atoms with Crippen molar-refractivity contribution in [2.24, 2.45) is 0 Å². The van der Waals surface area contributed by atoms with E-state index in [0.29, 0.717) is 18.3 Å². The number of rotatable bonds is 3. The van der Waals surface area contributed by atoms with Crippen molar-refractivity contribution >= 4 is 5.78 Å². The minimum atomic E-state index is 0.0437. The summed E-state index contributed by atoms with van der Waals surface area (Å²) in [5, 5.41) is 3.34. The molecule has 0 saturated carbocycles. The zero-order valence-electron chi connectivity index (χ0n) is 9.39. The number of Topliss-reactive ketones (excluding diaryl/α,β-unsaturated/α-hetero) is 1. The van der Waals surface area contributed by atoms with Crippen LogP contribution in [0.1, 0.15) is 17.4 Å². The van der Waals surface area contributed by atoms with Crippen molar-refractivity contribution in [1.82, 2.24) is 20.2 Å². The Hall–Kier alpha value is -1.33. The summed E-state index contributed by atoms with van der Waals surface area (Å²) in [6, 6.07) is 0.448. The number of hydrogen-bond donors (Lipinski definition) is 1. The Morgan fingerprint density at radius 3 is 3.19 bits per heavy atom. The first-order valence-electron chi connectivity index (χ1n) is 5.50. The molecule has 5 heteroatoms. The van der Waals surface area contributed by atoms with Crippen LogP contribution in [0.5, 0.6) is 0 Å². The van der Waals surface area contributed by atoms with E-state index in [0.717, 1.165) is 19.6 Å². The fourth-order valence-corrected chi connectivity index (χ4v) is 1.88. The second-order valence-electron chi connectivity index (χ2n) is 4.10. The van der Waals surface area contributed by atoms with Gasteiger partial charge in [-0.2, -0.15) is 0 Å². The molecule has 86 valence electrons. The lowest BCUT2D eigenvalue weighted by Gasteiger charge is -2.31. The van der Waals surface area contributed by atoms with Gasteiger partial charge in [0.1, 0.15) is 5.69 Å². The molecule has 16 heavy (non-hydrogen) atoms. The Kier molecular flexibility index (Phi) is 3.58. The minimum absolute atomic E-state index is 0.0437. The molecule has 0 aromatic carbocycles. The summed E-state index contributed by atoms with van der Waals surface area (Å²) in [6.45, 7) is 5.32. The van der Waals surface area contributed by atoms with Gasteiger partial charge in [-0.05, 0) is 6.92 Å². The highest BCUT2D eigenvalue weighted by Crippen LogP contribution is 2.01. The van der Waals surface area contributed by atoms with Crippen LogP contribution in [0.25, 0.3) is 0 Å². The van der Waals surface area contributed by atoms with Gasteiger partial charge in [-0.15, -0.1) is 0 Å². The average molecular weight is 220 g/mol. The molecule has 2 rings (SSSR count). The predicted molar refractivity (Wildman–Crippen MR) is 60.3 cm³/mol. The fourth-order valence-electron chi connectivity index (χ4n) is 1.88. The van der Waals surface area contributed by atoms with E-state index >= 15 is 0 Å². The third-order valence-electron chi connectivity index (χ3n) is 2.67. The first kappa shape index (κ1) is 11.2. The van der Waals surface area contributed by atoms with Crippen LogP contribution in [-0.2, 0) is 0 Å². The van der Waals surface area contributed by atoms with Gasteiger partial charge in [-0.25, -0.2) is 4.98 Å². The van der Waals surface area contributed by atoms with E-state index in [-0.39, 0.29) is 5.78 Å². The number of piperazine rings is 1. The Morgan fingerprint density at radius 2 is 2.50 bits per heavy atom. The second kappa shape index (κ2) is 5.14. The topological polar surface area (TPSA) is 58.1 Å². The summed E-state index contributed by atoms with van der Waals surface area (Å²) in [6.07, 6.45) is 4.64. The van der Waals surface area contributed by atoms with Gasteiger partial charge in [0.05, 0.1) is 12.7 Å². The molecule has 0 aliphatic carbocycles. The number of nitrogens with zero attached hydrogens (tertiary/aromatic N) is 3. The summed E-state index contributed by atoms with van der Waals surface area (Å²) >= 11 is 0. The van der Waals surface area contributed by atoms with Gasteiger partial charge in [0, 0.05) is 38.1 Å². The number of aromatic nitrogens is 2. The van der Waals surface area contributed by atoms with Crippen molar-refractivity contribution in [1.29, 1.82) is 0 Å². The molecule has 0 spiro atoms. The highest BCUT2D eigenvalue weighted by atomic mass is 16.1. The lowest BCUT2D eigenvalue weighted by Crippen LogP contribution is -2.50. The van der Waals surface area contributed by atoms with Crippen molar-refractivity contribution in [3.8, 4) is 0 Å². The number of nitrogens with one attached hydrogen (secondary N) is 1. The van der Waals surface area contributed by atoms with Crippen LogP contribution < -0.4 is 5.32 Å². The van der Waals surface area contributed by atoms with Crippen LogP contribution in [0, 0.1) is 0 Å². The summed E-state index contributed by atoms with van der Waals surface area (Å²) in [5.74, 6) is 0.0437. The predicted octanol–water partition coefficient (Wildman–Crippen LogP) is -0.0470. The highest BCUT2D eigenvalue weighted by molar-refractivity contribution is 5.95. The number of ketones is 1. The van der Waals surface area contributed by atoms with Gasteiger partial charge in [0.2, 0.25) is 0 Å².